The molecule has 0 saturated carbocycles. The Morgan fingerprint density at radius 1 is 1.12 bits per heavy atom. The van der Waals surface area contributed by atoms with Crippen molar-refractivity contribution in [3.8, 4) is 17.2 Å². The number of rotatable bonds is 8. The van der Waals surface area contributed by atoms with E-state index < -0.39 is 0 Å². The fraction of sp³-hybridized carbons (Fsp3) is 0.316. The van der Waals surface area contributed by atoms with Gasteiger partial charge in [-0.3, -0.25) is 0 Å². The fourth-order valence-corrected chi connectivity index (χ4v) is 2.30. The summed E-state index contributed by atoms with van der Waals surface area (Å²) in [5.41, 5.74) is 0.629. The van der Waals surface area contributed by atoms with E-state index in [2.05, 4.69) is 5.32 Å². The molecule has 0 atom stereocenters. The van der Waals surface area contributed by atoms with Gasteiger partial charge >= 0.3 is 6.03 Å². The SMILES string of the molecule is CCOc1cc(NC(=O)N(C)CCOc2ccc(Cl)cc2)ccc1OC. The van der Waals surface area contributed by atoms with Crippen molar-refractivity contribution in [3.05, 3.63) is 47.5 Å². The summed E-state index contributed by atoms with van der Waals surface area (Å²) >= 11 is 5.83. The van der Waals surface area contributed by atoms with Gasteiger partial charge in [0.2, 0.25) is 0 Å². The van der Waals surface area contributed by atoms with Gasteiger partial charge < -0.3 is 24.4 Å². The molecule has 26 heavy (non-hydrogen) atoms. The molecule has 2 amide bonds. The zero-order chi connectivity index (χ0) is 18.9. The summed E-state index contributed by atoms with van der Waals surface area (Å²) in [7, 11) is 3.28. The van der Waals surface area contributed by atoms with Crippen LogP contribution in [0.15, 0.2) is 42.5 Å². The van der Waals surface area contributed by atoms with Crippen molar-refractivity contribution in [1.82, 2.24) is 4.90 Å². The van der Waals surface area contributed by atoms with Crippen LogP contribution in [0.2, 0.25) is 5.02 Å². The number of ether oxygens (including phenoxy) is 3. The van der Waals surface area contributed by atoms with Gasteiger partial charge in [-0.1, -0.05) is 11.6 Å². The van der Waals surface area contributed by atoms with Crippen molar-refractivity contribution < 1.29 is 19.0 Å². The van der Waals surface area contributed by atoms with E-state index >= 15 is 0 Å². The highest BCUT2D eigenvalue weighted by Gasteiger charge is 2.11. The van der Waals surface area contributed by atoms with E-state index in [4.69, 9.17) is 25.8 Å². The lowest BCUT2D eigenvalue weighted by atomic mass is 10.2. The van der Waals surface area contributed by atoms with Gasteiger partial charge in [-0.2, -0.15) is 0 Å². The number of hydrogen-bond acceptors (Lipinski definition) is 4. The second-order valence-electron chi connectivity index (χ2n) is 5.45. The van der Waals surface area contributed by atoms with Crippen molar-refractivity contribution in [2.45, 2.75) is 6.92 Å². The Hall–Kier alpha value is -2.60. The molecule has 0 fully saturated rings. The highest BCUT2D eigenvalue weighted by Crippen LogP contribution is 2.30. The molecule has 0 aromatic heterocycles. The van der Waals surface area contributed by atoms with Crippen molar-refractivity contribution in [2.75, 3.05) is 39.2 Å². The van der Waals surface area contributed by atoms with E-state index in [-0.39, 0.29) is 6.03 Å². The lowest BCUT2D eigenvalue weighted by Crippen LogP contribution is -2.34. The third-order valence-corrected chi connectivity index (χ3v) is 3.82. The van der Waals surface area contributed by atoms with E-state index in [0.717, 1.165) is 0 Å². The second kappa shape index (κ2) is 9.77. The Morgan fingerprint density at radius 3 is 2.50 bits per heavy atom. The number of likely N-dealkylation sites (N-methyl/N-ethyl adjacent to an activating group) is 1. The summed E-state index contributed by atoms with van der Waals surface area (Å²) in [6.45, 7) is 3.20. The zero-order valence-corrected chi connectivity index (χ0v) is 15.9. The number of nitrogens with one attached hydrogen (secondary N) is 1. The van der Waals surface area contributed by atoms with Gasteiger partial charge in [-0.25, -0.2) is 4.79 Å². The fourth-order valence-electron chi connectivity index (χ4n) is 2.17. The molecule has 2 aromatic rings. The number of nitrogens with zero attached hydrogens (tertiary/aromatic N) is 1. The normalized spacial score (nSPS) is 10.2. The lowest BCUT2D eigenvalue weighted by molar-refractivity contribution is 0.207. The number of amides is 2. The Labute approximate surface area is 158 Å². The molecule has 7 heteroatoms. The average molecular weight is 379 g/mol. The van der Waals surface area contributed by atoms with Crippen molar-refractivity contribution in [2.24, 2.45) is 0 Å². The van der Waals surface area contributed by atoms with Gasteiger partial charge in [0.15, 0.2) is 11.5 Å². The number of methoxy groups -OCH3 is 1. The van der Waals surface area contributed by atoms with Gasteiger partial charge in [0.1, 0.15) is 12.4 Å². The molecule has 2 rings (SSSR count). The van der Waals surface area contributed by atoms with Crippen LogP contribution in [0.4, 0.5) is 10.5 Å². The van der Waals surface area contributed by atoms with E-state index in [1.807, 2.05) is 6.92 Å². The number of carbonyl (C=O) groups excluding carboxylic acids is 1. The van der Waals surface area contributed by atoms with Crippen molar-refractivity contribution >= 4 is 23.3 Å². The van der Waals surface area contributed by atoms with Crippen LogP contribution >= 0.6 is 11.6 Å². The number of urea groups is 1. The smallest absolute Gasteiger partial charge is 0.321 e. The van der Waals surface area contributed by atoms with E-state index in [1.54, 1.807) is 61.5 Å². The molecule has 1 N–H and O–H groups in total. The number of hydrogen-bond donors (Lipinski definition) is 1. The summed E-state index contributed by atoms with van der Waals surface area (Å²) in [5.74, 6) is 1.91. The highest BCUT2D eigenvalue weighted by atomic mass is 35.5. The Bertz CT molecular complexity index is 722. The Morgan fingerprint density at radius 2 is 1.85 bits per heavy atom. The maximum atomic E-state index is 12.3. The summed E-state index contributed by atoms with van der Waals surface area (Å²) < 4.78 is 16.3. The van der Waals surface area contributed by atoms with Crippen LogP contribution in [0.25, 0.3) is 0 Å². The minimum Gasteiger partial charge on any atom is -0.493 e. The minimum absolute atomic E-state index is 0.239. The first-order valence-electron chi connectivity index (χ1n) is 8.24. The quantitative estimate of drug-likeness (QED) is 0.744. The molecule has 0 bridgehead atoms. The predicted molar refractivity (Wildman–Crippen MR) is 103 cm³/mol. The first-order valence-corrected chi connectivity index (χ1v) is 8.62. The molecule has 0 heterocycles. The van der Waals surface area contributed by atoms with E-state index in [0.29, 0.717) is 47.7 Å². The topological polar surface area (TPSA) is 60.0 Å². The van der Waals surface area contributed by atoms with E-state index in [1.165, 1.54) is 0 Å². The van der Waals surface area contributed by atoms with Crippen LogP contribution in [0.1, 0.15) is 6.92 Å². The molecule has 6 nitrogen and oxygen atoms in total. The number of benzene rings is 2. The summed E-state index contributed by atoms with van der Waals surface area (Å²) in [6.07, 6.45) is 0. The largest absolute Gasteiger partial charge is 0.493 e. The molecule has 2 aromatic carbocycles. The summed E-state index contributed by atoms with van der Waals surface area (Å²) in [6, 6.07) is 12.1. The first kappa shape index (κ1) is 19.7. The molecule has 0 unspecified atom stereocenters. The van der Waals surface area contributed by atoms with Crippen LogP contribution in [0.3, 0.4) is 0 Å². The molecule has 140 valence electrons. The highest BCUT2D eigenvalue weighted by molar-refractivity contribution is 6.30. The van der Waals surface area contributed by atoms with Crippen LogP contribution in [0, 0.1) is 0 Å². The molecule has 0 aliphatic carbocycles. The predicted octanol–water partition coefficient (Wildman–Crippen LogP) is 4.29. The van der Waals surface area contributed by atoms with Gasteiger partial charge in [0.05, 0.1) is 20.3 Å². The number of halogens is 1. The standard InChI is InChI=1S/C19H23ClN2O4/c1-4-25-18-13-15(7-10-17(18)24-3)21-19(23)22(2)11-12-26-16-8-5-14(20)6-9-16/h5-10,13H,4,11-12H2,1-3H3,(H,21,23). The molecular formula is C19H23ClN2O4. The molecule has 0 radical (unpaired) electrons. The van der Waals surface area contributed by atoms with Crippen molar-refractivity contribution in [3.63, 3.8) is 0 Å². The van der Waals surface area contributed by atoms with Crippen LogP contribution in [-0.2, 0) is 0 Å². The summed E-state index contributed by atoms with van der Waals surface area (Å²) in [4.78, 5) is 13.8. The Kier molecular flexibility index (Phi) is 7.41. The molecule has 0 aliphatic rings. The number of carbonyl (C=O) groups is 1. The van der Waals surface area contributed by atoms with Crippen LogP contribution in [-0.4, -0.2) is 44.8 Å². The molecule has 0 aliphatic heterocycles. The number of anilines is 1. The third kappa shape index (κ3) is 5.74. The molecule has 0 spiro atoms. The monoisotopic (exact) mass is 378 g/mol. The Balaban J connectivity index is 1.86. The maximum Gasteiger partial charge on any atom is 0.321 e. The van der Waals surface area contributed by atoms with Crippen LogP contribution in [0.5, 0.6) is 17.2 Å². The first-order chi connectivity index (χ1) is 12.5. The third-order valence-electron chi connectivity index (χ3n) is 3.57. The average Bonchev–Trinajstić information content (AvgIpc) is 2.64. The van der Waals surface area contributed by atoms with Crippen LogP contribution < -0.4 is 19.5 Å². The van der Waals surface area contributed by atoms with Gasteiger partial charge in [0, 0.05) is 23.8 Å². The van der Waals surface area contributed by atoms with Gasteiger partial charge in [-0.15, -0.1) is 0 Å². The van der Waals surface area contributed by atoms with Crippen molar-refractivity contribution in [1.29, 1.82) is 0 Å². The summed E-state index contributed by atoms with van der Waals surface area (Å²) in [5, 5.41) is 3.48. The lowest BCUT2D eigenvalue weighted by Gasteiger charge is -2.19. The van der Waals surface area contributed by atoms with Gasteiger partial charge in [-0.05, 0) is 43.3 Å². The zero-order valence-electron chi connectivity index (χ0n) is 15.1. The minimum atomic E-state index is -0.239. The molecular weight excluding hydrogens is 356 g/mol. The van der Waals surface area contributed by atoms with Gasteiger partial charge in [0.25, 0.3) is 0 Å². The van der Waals surface area contributed by atoms with E-state index in [9.17, 15) is 4.79 Å². The maximum absolute atomic E-state index is 12.3. The second-order valence-corrected chi connectivity index (χ2v) is 5.89. The molecule has 0 saturated heterocycles.